The molecule has 0 aromatic heterocycles. The molecule has 5 heteroatoms. The van der Waals surface area contributed by atoms with Crippen molar-refractivity contribution in [2.24, 2.45) is 5.92 Å². The molecular formula is C15H25NO4. The van der Waals surface area contributed by atoms with Crippen LogP contribution in [0.2, 0.25) is 0 Å². The monoisotopic (exact) mass is 283 g/mol. The minimum absolute atomic E-state index is 0.200. The van der Waals surface area contributed by atoms with Crippen LogP contribution in [-0.4, -0.2) is 30.8 Å². The lowest BCUT2D eigenvalue weighted by Gasteiger charge is -2.29. The number of ether oxygens (including phenoxy) is 2. The van der Waals surface area contributed by atoms with Gasteiger partial charge in [0, 0.05) is 6.08 Å². The molecule has 1 fully saturated rings. The summed E-state index contributed by atoms with van der Waals surface area (Å²) in [6.07, 6.45) is 6.99. The van der Waals surface area contributed by atoms with Gasteiger partial charge in [-0.2, -0.15) is 0 Å². The molecule has 0 unspecified atom stereocenters. The van der Waals surface area contributed by atoms with Crippen LogP contribution in [0.4, 0.5) is 4.79 Å². The number of rotatable bonds is 5. The molecule has 0 aliphatic heterocycles. The first-order valence-corrected chi connectivity index (χ1v) is 7.06. The van der Waals surface area contributed by atoms with Crippen LogP contribution >= 0.6 is 0 Å². The van der Waals surface area contributed by atoms with E-state index in [-0.39, 0.29) is 6.04 Å². The Hall–Kier alpha value is -1.52. The molecule has 0 heterocycles. The molecule has 1 atom stereocenters. The Kier molecular flexibility index (Phi) is 6.05. The molecule has 114 valence electrons. The smallest absolute Gasteiger partial charge is 0.408 e. The van der Waals surface area contributed by atoms with Crippen molar-refractivity contribution in [1.82, 2.24) is 5.32 Å². The van der Waals surface area contributed by atoms with Crippen molar-refractivity contribution in [3.8, 4) is 0 Å². The minimum atomic E-state index is -0.531. The highest BCUT2D eigenvalue weighted by atomic mass is 16.6. The zero-order chi connectivity index (χ0) is 15.2. The second-order valence-corrected chi connectivity index (χ2v) is 6.17. The summed E-state index contributed by atoms with van der Waals surface area (Å²) in [6, 6.07) is -0.200. The molecule has 1 N–H and O–H groups in total. The molecule has 1 aliphatic carbocycles. The number of carbonyl (C=O) groups is 2. The van der Waals surface area contributed by atoms with Gasteiger partial charge in [0.05, 0.1) is 13.2 Å². The Morgan fingerprint density at radius 3 is 2.45 bits per heavy atom. The quantitative estimate of drug-likeness (QED) is 0.622. The number of alkyl carbamates (subject to hydrolysis) is 1. The third kappa shape index (κ3) is 6.59. The molecule has 0 aromatic rings. The molecule has 0 saturated heterocycles. The normalized spacial score (nSPS) is 17.4. The first kappa shape index (κ1) is 16.5. The lowest BCUT2D eigenvalue weighted by Crippen LogP contribution is -2.39. The summed E-state index contributed by atoms with van der Waals surface area (Å²) in [4.78, 5) is 22.9. The lowest BCUT2D eigenvalue weighted by molar-refractivity contribution is -0.134. The maximum atomic E-state index is 11.8. The van der Waals surface area contributed by atoms with Gasteiger partial charge in [0.1, 0.15) is 5.60 Å². The molecule has 0 spiro atoms. The van der Waals surface area contributed by atoms with Gasteiger partial charge in [-0.1, -0.05) is 25.3 Å². The van der Waals surface area contributed by atoms with E-state index in [2.05, 4.69) is 10.1 Å². The van der Waals surface area contributed by atoms with Crippen LogP contribution in [0.5, 0.6) is 0 Å². The van der Waals surface area contributed by atoms with E-state index in [0.717, 1.165) is 6.42 Å². The molecule has 0 bridgehead atoms. The standard InChI is InChI=1S/C15H25NO4/c1-15(2,3)20-14(18)16-12(8-9-13(17)19-4)10-11-6-5-7-11/h8-9,11-12H,5-7,10H2,1-4H3,(H,16,18)/b9-8+/t12-/m1/s1. The van der Waals surface area contributed by atoms with E-state index in [1.807, 2.05) is 20.8 Å². The van der Waals surface area contributed by atoms with E-state index >= 15 is 0 Å². The van der Waals surface area contributed by atoms with Gasteiger partial charge in [-0.3, -0.25) is 0 Å². The Bertz CT molecular complexity index is 367. The van der Waals surface area contributed by atoms with Gasteiger partial charge in [0.2, 0.25) is 0 Å². The van der Waals surface area contributed by atoms with E-state index in [1.165, 1.54) is 32.4 Å². The third-order valence-electron chi connectivity index (χ3n) is 3.18. The fourth-order valence-corrected chi connectivity index (χ4v) is 1.99. The van der Waals surface area contributed by atoms with Crippen molar-refractivity contribution in [3.63, 3.8) is 0 Å². The van der Waals surface area contributed by atoms with Gasteiger partial charge < -0.3 is 14.8 Å². The molecular weight excluding hydrogens is 258 g/mol. The van der Waals surface area contributed by atoms with Crippen molar-refractivity contribution in [2.75, 3.05) is 7.11 Å². The molecule has 1 saturated carbocycles. The highest BCUT2D eigenvalue weighted by Gasteiger charge is 2.24. The highest BCUT2D eigenvalue weighted by molar-refractivity contribution is 5.82. The van der Waals surface area contributed by atoms with Crippen molar-refractivity contribution in [3.05, 3.63) is 12.2 Å². The summed E-state index contributed by atoms with van der Waals surface area (Å²) >= 11 is 0. The Balaban J connectivity index is 2.54. The first-order valence-electron chi connectivity index (χ1n) is 7.06. The SMILES string of the molecule is COC(=O)/C=C/[C@H](CC1CCC1)NC(=O)OC(C)(C)C. The van der Waals surface area contributed by atoms with Crippen molar-refractivity contribution in [1.29, 1.82) is 0 Å². The van der Waals surface area contributed by atoms with E-state index in [9.17, 15) is 9.59 Å². The lowest BCUT2D eigenvalue weighted by atomic mass is 9.81. The number of hydrogen-bond acceptors (Lipinski definition) is 4. The maximum absolute atomic E-state index is 11.8. The summed E-state index contributed by atoms with van der Waals surface area (Å²) in [5, 5.41) is 2.80. The predicted molar refractivity (Wildman–Crippen MR) is 76.3 cm³/mol. The number of esters is 1. The molecule has 0 radical (unpaired) electrons. The molecule has 5 nitrogen and oxygen atoms in total. The van der Waals surface area contributed by atoms with Crippen LogP contribution in [0.1, 0.15) is 46.5 Å². The minimum Gasteiger partial charge on any atom is -0.466 e. The average molecular weight is 283 g/mol. The van der Waals surface area contributed by atoms with Gasteiger partial charge in [-0.15, -0.1) is 0 Å². The summed E-state index contributed by atoms with van der Waals surface area (Å²) in [5.41, 5.74) is -0.531. The van der Waals surface area contributed by atoms with E-state index in [4.69, 9.17) is 4.74 Å². The van der Waals surface area contributed by atoms with Crippen LogP contribution in [-0.2, 0) is 14.3 Å². The second-order valence-electron chi connectivity index (χ2n) is 6.17. The van der Waals surface area contributed by atoms with Crippen molar-refractivity contribution < 1.29 is 19.1 Å². The average Bonchev–Trinajstić information content (AvgIpc) is 2.27. The Labute approximate surface area is 120 Å². The number of carbonyl (C=O) groups excluding carboxylic acids is 2. The number of methoxy groups -OCH3 is 1. The van der Waals surface area contributed by atoms with E-state index in [0.29, 0.717) is 5.92 Å². The Morgan fingerprint density at radius 2 is 2.00 bits per heavy atom. The first-order chi connectivity index (χ1) is 9.30. The van der Waals surface area contributed by atoms with E-state index < -0.39 is 17.7 Å². The second kappa shape index (κ2) is 7.31. The summed E-state index contributed by atoms with van der Waals surface area (Å²) in [7, 11) is 1.33. The number of hydrogen-bond donors (Lipinski definition) is 1. The van der Waals surface area contributed by atoms with Gasteiger partial charge in [0.25, 0.3) is 0 Å². The van der Waals surface area contributed by atoms with Gasteiger partial charge in [-0.05, 0) is 33.1 Å². The maximum Gasteiger partial charge on any atom is 0.408 e. The highest BCUT2D eigenvalue weighted by Crippen LogP contribution is 2.30. The largest absolute Gasteiger partial charge is 0.466 e. The van der Waals surface area contributed by atoms with Crippen LogP contribution in [0, 0.1) is 5.92 Å². The molecule has 20 heavy (non-hydrogen) atoms. The fourth-order valence-electron chi connectivity index (χ4n) is 1.99. The van der Waals surface area contributed by atoms with Crippen LogP contribution in [0.3, 0.4) is 0 Å². The zero-order valence-corrected chi connectivity index (χ0v) is 12.8. The summed E-state index contributed by atoms with van der Waals surface area (Å²) < 4.78 is 9.80. The molecule has 0 aromatic carbocycles. The van der Waals surface area contributed by atoms with Crippen molar-refractivity contribution in [2.45, 2.75) is 58.1 Å². The topological polar surface area (TPSA) is 64.6 Å². The molecule has 1 rings (SSSR count). The zero-order valence-electron chi connectivity index (χ0n) is 12.8. The van der Waals surface area contributed by atoms with Crippen LogP contribution in [0.25, 0.3) is 0 Å². The fraction of sp³-hybridized carbons (Fsp3) is 0.733. The van der Waals surface area contributed by atoms with Crippen LogP contribution < -0.4 is 5.32 Å². The van der Waals surface area contributed by atoms with Gasteiger partial charge in [0.15, 0.2) is 0 Å². The van der Waals surface area contributed by atoms with Crippen molar-refractivity contribution >= 4 is 12.1 Å². The number of amides is 1. The van der Waals surface area contributed by atoms with Gasteiger partial charge in [-0.25, -0.2) is 9.59 Å². The Morgan fingerprint density at radius 1 is 1.35 bits per heavy atom. The predicted octanol–water partition coefficient (Wildman–Crippen LogP) is 2.80. The summed E-state index contributed by atoms with van der Waals surface area (Å²) in [5.74, 6) is 0.187. The summed E-state index contributed by atoms with van der Waals surface area (Å²) in [6.45, 7) is 5.45. The van der Waals surface area contributed by atoms with E-state index in [1.54, 1.807) is 6.08 Å². The molecule has 1 amide bonds. The molecule has 1 aliphatic rings. The van der Waals surface area contributed by atoms with Gasteiger partial charge >= 0.3 is 12.1 Å². The number of nitrogens with one attached hydrogen (secondary N) is 1. The third-order valence-corrected chi connectivity index (χ3v) is 3.18. The van der Waals surface area contributed by atoms with Crippen LogP contribution in [0.15, 0.2) is 12.2 Å².